The highest BCUT2D eigenvalue weighted by molar-refractivity contribution is 5.95. The Kier molecular flexibility index (Phi) is 5.72. The molecular formula is C18H22O2. The average molecular weight is 270 g/mol. The van der Waals surface area contributed by atoms with E-state index in [-0.39, 0.29) is 23.4 Å². The zero-order valence-electron chi connectivity index (χ0n) is 11.8. The van der Waals surface area contributed by atoms with Crippen molar-refractivity contribution in [3.63, 3.8) is 0 Å². The molecule has 0 saturated carbocycles. The second-order valence-electron chi connectivity index (χ2n) is 5.45. The summed E-state index contributed by atoms with van der Waals surface area (Å²) in [5.74, 6) is 0.335. The van der Waals surface area contributed by atoms with Gasteiger partial charge in [0.25, 0.3) is 0 Å². The highest BCUT2D eigenvalue weighted by Crippen LogP contribution is 2.19. The molecule has 0 heterocycles. The monoisotopic (exact) mass is 270 g/mol. The summed E-state index contributed by atoms with van der Waals surface area (Å²) >= 11 is 0. The van der Waals surface area contributed by atoms with Crippen molar-refractivity contribution in [2.45, 2.75) is 38.5 Å². The second-order valence-corrected chi connectivity index (χ2v) is 5.45. The van der Waals surface area contributed by atoms with Crippen LogP contribution in [-0.4, -0.2) is 11.6 Å². The number of ketones is 2. The summed E-state index contributed by atoms with van der Waals surface area (Å²) in [6, 6.07) is 0. The van der Waals surface area contributed by atoms with Crippen molar-refractivity contribution in [2.75, 3.05) is 0 Å². The zero-order chi connectivity index (χ0) is 14.2. The van der Waals surface area contributed by atoms with Crippen LogP contribution >= 0.6 is 0 Å². The number of hydrogen-bond donors (Lipinski definition) is 0. The van der Waals surface area contributed by atoms with Gasteiger partial charge < -0.3 is 0 Å². The maximum absolute atomic E-state index is 11.9. The highest BCUT2D eigenvalue weighted by atomic mass is 16.1. The van der Waals surface area contributed by atoms with Crippen LogP contribution in [0.1, 0.15) is 38.5 Å². The Morgan fingerprint density at radius 3 is 1.60 bits per heavy atom. The first-order valence-corrected chi connectivity index (χ1v) is 7.53. The molecule has 106 valence electrons. The third kappa shape index (κ3) is 4.44. The summed E-state index contributed by atoms with van der Waals surface area (Å²) in [6.07, 6.45) is 20.9. The maximum atomic E-state index is 11.9. The largest absolute Gasteiger partial charge is 0.294 e. The van der Waals surface area contributed by atoms with Crippen molar-refractivity contribution in [1.82, 2.24) is 0 Å². The Labute approximate surface area is 120 Å². The molecule has 0 bridgehead atoms. The topological polar surface area (TPSA) is 34.1 Å². The molecule has 0 N–H and O–H groups in total. The Morgan fingerprint density at radius 2 is 1.25 bits per heavy atom. The molecule has 0 aromatic heterocycles. The molecule has 2 unspecified atom stereocenters. The predicted octanol–water partition coefficient (Wildman–Crippen LogP) is 3.95. The summed E-state index contributed by atoms with van der Waals surface area (Å²) in [5.41, 5.74) is 0. The molecule has 2 heteroatoms. The van der Waals surface area contributed by atoms with E-state index in [1.165, 1.54) is 0 Å². The van der Waals surface area contributed by atoms with Crippen molar-refractivity contribution in [1.29, 1.82) is 0 Å². The molecule has 2 aliphatic carbocycles. The van der Waals surface area contributed by atoms with E-state index in [9.17, 15) is 9.59 Å². The van der Waals surface area contributed by atoms with Crippen molar-refractivity contribution in [3.8, 4) is 0 Å². The Morgan fingerprint density at radius 1 is 0.800 bits per heavy atom. The number of hydrogen-bond acceptors (Lipinski definition) is 2. The third-order valence-electron chi connectivity index (χ3n) is 3.87. The van der Waals surface area contributed by atoms with E-state index in [0.29, 0.717) is 0 Å². The molecular weight excluding hydrogens is 248 g/mol. The van der Waals surface area contributed by atoms with E-state index >= 15 is 0 Å². The van der Waals surface area contributed by atoms with Crippen LogP contribution in [0.4, 0.5) is 0 Å². The smallest absolute Gasteiger partial charge is 0.162 e. The minimum absolute atomic E-state index is 0.0328. The Bertz CT molecular complexity index is 422. The Balaban J connectivity index is 1.81. The standard InChI is InChI=1S/C18H22O2/c19-17(15-9-3-1-4-10-15)13-7-8-14-18(20)16-11-5-2-6-12-16/h3,5,7-9,11,13-16H,1-2,4,6,10,12H2/b13-7+,14-8+. The summed E-state index contributed by atoms with van der Waals surface area (Å²) in [6.45, 7) is 0. The molecule has 0 spiro atoms. The molecule has 0 aromatic rings. The lowest BCUT2D eigenvalue weighted by molar-refractivity contribution is -0.118. The van der Waals surface area contributed by atoms with Crippen LogP contribution < -0.4 is 0 Å². The van der Waals surface area contributed by atoms with E-state index < -0.39 is 0 Å². The third-order valence-corrected chi connectivity index (χ3v) is 3.87. The minimum atomic E-state index is 0.0328. The van der Waals surface area contributed by atoms with Gasteiger partial charge in [0.1, 0.15) is 0 Å². The fourth-order valence-corrected chi connectivity index (χ4v) is 2.65. The Hall–Kier alpha value is -1.70. The summed E-state index contributed by atoms with van der Waals surface area (Å²) in [5, 5.41) is 0. The van der Waals surface area contributed by atoms with Gasteiger partial charge in [-0.05, 0) is 50.7 Å². The van der Waals surface area contributed by atoms with Crippen LogP contribution in [0.2, 0.25) is 0 Å². The molecule has 0 saturated heterocycles. The molecule has 20 heavy (non-hydrogen) atoms. The lowest BCUT2D eigenvalue weighted by Gasteiger charge is -2.12. The van der Waals surface area contributed by atoms with Gasteiger partial charge in [0, 0.05) is 11.8 Å². The SMILES string of the molecule is O=C(/C=C/C=C/C(=O)C1C=CCCC1)C1C=CCCC1. The number of rotatable bonds is 5. The first kappa shape index (κ1) is 14.7. The van der Waals surface area contributed by atoms with Gasteiger partial charge in [-0.1, -0.05) is 36.5 Å². The van der Waals surface area contributed by atoms with Crippen molar-refractivity contribution < 1.29 is 9.59 Å². The van der Waals surface area contributed by atoms with E-state index in [2.05, 4.69) is 12.2 Å². The van der Waals surface area contributed by atoms with Crippen LogP contribution in [-0.2, 0) is 9.59 Å². The lowest BCUT2D eigenvalue weighted by atomic mass is 9.91. The summed E-state index contributed by atoms with van der Waals surface area (Å²) in [4.78, 5) is 23.8. The van der Waals surface area contributed by atoms with Gasteiger partial charge in [0.2, 0.25) is 0 Å². The predicted molar refractivity (Wildman–Crippen MR) is 81.3 cm³/mol. The first-order chi connectivity index (χ1) is 9.77. The normalized spacial score (nSPS) is 26.4. The summed E-state index contributed by atoms with van der Waals surface area (Å²) < 4.78 is 0. The van der Waals surface area contributed by atoms with Gasteiger partial charge >= 0.3 is 0 Å². The van der Waals surface area contributed by atoms with Crippen LogP contribution in [0.3, 0.4) is 0 Å². The van der Waals surface area contributed by atoms with Gasteiger partial charge in [-0.3, -0.25) is 9.59 Å². The van der Waals surface area contributed by atoms with Gasteiger partial charge in [-0.2, -0.15) is 0 Å². The molecule has 2 nitrogen and oxygen atoms in total. The number of carbonyl (C=O) groups is 2. The van der Waals surface area contributed by atoms with Gasteiger partial charge in [-0.15, -0.1) is 0 Å². The number of allylic oxidation sites excluding steroid dienone is 8. The quantitative estimate of drug-likeness (QED) is 0.430. The van der Waals surface area contributed by atoms with E-state index in [4.69, 9.17) is 0 Å². The average Bonchev–Trinajstić information content (AvgIpc) is 2.53. The summed E-state index contributed by atoms with van der Waals surface area (Å²) in [7, 11) is 0. The molecule has 0 radical (unpaired) electrons. The molecule has 0 aromatic carbocycles. The van der Waals surface area contributed by atoms with E-state index in [1.807, 2.05) is 12.2 Å². The maximum Gasteiger partial charge on any atom is 0.162 e. The molecule has 2 aliphatic rings. The lowest BCUT2D eigenvalue weighted by Crippen LogP contribution is -2.12. The van der Waals surface area contributed by atoms with Crippen LogP contribution in [0, 0.1) is 11.8 Å². The molecule has 0 amide bonds. The fourth-order valence-electron chi connectivity index (χ4n) is 2.65. The highest BCUT2D eigenvalue weighted by Gasteiger charge is 2.15. The fraction of sp³-hybridized carbons (Fsp3) is 0.444. The van der Waals surface area contributed by atoms with Crippen LogP contribution in [0.15, 0.2) is 48.6 Å². The molecule has 0 fully saturated rings. The second kappa shape index (κ2) is 7.78. The van der Waals surface area contributed by atoms with Gasteiger partial charge in [0.15, 0.2) is 11.6 Å². The molecule has 2 rings (SSSR count). The van der Waals surface area contributed by atoms with Gasteiger partial charge in [0.05, 0.1) is 0 Å². The van der Waals surface area contributed by atoms with Crippen molar-refractivity contribution >= 4 is 11.6 Å². The molecule has 2 atom stereocenters. The first-order valence-electron chi connectivity index (χ1n) is 7.53. The minimum Gasteiger partial charge on any atom is -0.294 e. The van der Waals surface area contributed by atoms with Crippen LogP contribution in [0.25, 0.3) is 0 Å². The van der Waals surface area contributed by atoms with Crippen molar-refractivity contribution in [2.24, 2.45) is 11.8 Å². The number of carbonyl (C=O) groups excluding carboxylic acids is 2. The van der Waals surface area contributed by atoms with E-state index in [1.54, 1.807) is 24.3 Å². The molecule has 0 aliphatic heterocycles. The van der Waals surface area contributed by atoms with E-state index in [0.717, 1.165) is 38.5 Å². The van der Waals surface area contributed by atoms with Crippen molar-refractivity contribution in [3.05, 3.63) is 48.6 Å². The van der Waals surface area contributed by atoms with Gasteiger partial charge in [-0.25, -0.2) is 0 Å². The zero-order valence-corrected chi connectivity index (χ0v) is 11.8. The van der Waals surface area contributed by atoms with Crippen LogP contribution in [0.5, 0.6) is 0 Å².